The minimum absolute atomic E-state index is 0.152. The summed E-state index contributed by atoms with van der Waals surface area (Å²) < 4.78 is 5.01. The summed E-state index contributed by atoms with van der Waals surface area (Å²) in [6.07, 6.45) is 0. The molecule has 0 aliphatic rings. The Bertz CT molecular complexity index is 608. The number of hydrogen-bond donors (Lipinski definition) is 3. The Labute approximate surface area is 116 Å². The lowest BCUT2D eigenvalue weighted by atomic mass is 10.1. The number of carboxylic acid groups (broad SMARTS) is 1. The van der Waals surface area contributed by atoms with Gasteiger partial charge in [0.15, 0.2) is 0 Å². The zero-order chi connectivity index (χ0) is 14.5. The minimum atomic E-state index is -0.954. The van der Waals surface area contributed by atoms with E-state index in [9.17, 15) is 9.90 Å². The second kappa shape index (κ2) is 5.97. The Morgan fingerprint density at radius 3 is 2.45 bits per heavy atom. The molecule has 0 bridgehead atoms. The van der Waals surface area contributed by atoms with Crippen LogP contribution in [0.25, 0.3) is 0 Å². The maximum atomic E-state index is 10.7. The highest BCUT2D eigenvalue weighted by molar-refractivity contribution is 5.87. The highest BCUT2D eigenvalue weighted by atomic mass is 16.5. The SMILES string of the molecule is COc1ccc(CNc2ccc(C(=O)O)cc2)c(O)c1. The van der Waals surface area contributed by atoms with E-state index in [1.165, 1.54) is 19.2 Å². The molecule has 0 unspecified atom stereocenters. The summed E-state index contributed by atoms with van der Waals surface area (Å²) in [5, 5.41) is 21.7. The fourth-order valence-corrected chi connectivity index (χ4v) is 1.75. The fraction of sp³-hybridized carbons (Fsp3) is 0.133. The van der Waals surface area contributed by atoms with Crippen LogP contribution in [-0.2, 0) is 6.54 Å². The Balaban J connectivity index is 2.03. The molecule has 0 aliphatic carbocycles. The molecule has 2 aromatic carbocycles. The van der Waals surface area contributed by atoms with Crippen LogP contribution in [0, 0.1) is 0 Å². The smallest absolute Gasteiger partial charge is 0.335 e. The highest BCUT2D eigenvalue weighted by Gasteiger charge is 2.04. The largest absolute Gasteiger partial charge is 0.507 e. The van der Waals surface area contributed by atoms with Crippen LogP contribution in [0.15, 0.2) is 42.5 Å². The Morgan fingerprint density at radius 2 is 1.90 bits per heavy atom. The number of ether oxygens (including phenoxy) is 1. The van der Waals surface area contributed by atoms with E-state index in [2.05, 4.69) is 5.32 Å². The molecule has 3 N–H and O–H groups in total. The Morgan fingerprint density at radius 1 is 1.20 bits per heavy atom. The third-order valence-electron chi connectivity index (χ3n) is 2.91. The van der Waals surface area contributed by atoms with Gasteiger partial charge >= 0.3 is 5.97 Å². The molecule has 2 aromatic rings. The number of carboxylic acids is 1. The van der Waals surface area contributed by atoms with Crippen LogP contribution >= 0.6 is 0 Å². The maximum absolute atomic E-state index is 10.7. The number of aromatic carboxylic acids is 1. The number of methoxy groups -OCH3 is 1. The Kier molecular flexibility index (Phi) is 4.10. The van der Waals surface area contributed by atoms with Gasteiger partial charge in [0, 0.05) is 23.9 Å². The first-order valence-corrected chi connectivity index (χ1v) is 6.03. The summed E-state index contributed by atoms with van der Waals surface area (Å²) in [5.74, 6) is -0.208. The van der Waals surface area contributed by atoms with Crippen LogP contribution < -0.4 is 10.1 Å². The zero-order valence-electron chi connectivity index (χ0n) is 11.0. The molecule has 5 nitrogen and oxygen atoms in total. The van der Waals surface area contributed by atoms with Gasteiger partial charge in [-0.15, -0.1) is 0 Å². The van der Waals surface area contributed by atoms with Gasteiger partial charge in [0.25, 0.3) is 0 Å². The van der Waals surface area contributed by atoms with Crippen molar-refractivity contribution in [2.75, 3.05) is 12.4 Å². The number of benzene rings is 2. The monoisotopic (exact) mass is 273 g/mol. The molecular weight excluding hydrogens is 258 g/mol. The van der Waals surface area contributed by atoms with Gasteiger partial charge < -0.3 is 20.3 Å². The lowest BCUT2D eigenvalue weighted by Gasteiger charge is -2.09. The van der Waals surface area contributed by atoms with Gasteiger partial charge in [0.2, 0.25) is 0 Å². The molecule has 0 heterocycles. The van der Waals surface area contributed by atoms with Crippen molar-refractivity contribution in [1.82, 2.24) is 0 Å². The van der Waals surface area contributed by atoms with E-state index < -0.39 is 5.97 Å². The lowest BCUT2D eigenvalue weighted by Crippen LogP contribution is -2.01. The minimum Gasteiger partial charge on any atom is -0.507 e. The van der Waals surface area contributed by atoms with E-state index in [4.69, 9.17) is 9.84 Å². The van der Waals surface area contributed by atoms with Gasteiger partial charge in [-0.2, -0.15) is 0 Å². The summed E-state index contributed by atoms with van der Waals surface area (Å²) >= 11 is 0. The fourth-order valence-electron chi connectivity index (χ4n) is 1.75. The second-order valence-corrected chi connectivity index (χ2v) is 4.23. The molecule has 20 heavy (non-hydrogen) atoms. The molecule has 0 aromatic heterocycles. The molecule has 0 radical (unpaired) electrons. The predicted molar refractivity (Wildman–Crippen MR) is 75.4 cm³/mol. The molecule has 5 heteroatoms. The summed E-state index contributed by atoms with van der Waals surface area (Å²) in [4.78, 5) is 10.7. The average molecular weight is 273 g/mol. The third kappa shape index (κ3) is 3.20. The molecule has 0 spiro atoms. The van der Waals surface area contributed by atoms with E-state index >= 15 is 0 Å². The van der Waals surface area contributed by atoms with Crippen molar-refractivity contribution in [1.29, 1.82) is 0 Å². The number of carbonyl (C=O) groups is 1. The first kappa shape index (κ1) is 13.7. The second-order valence-electron chi connectivity index (χ2n) is 4.23. The van der Waals surface area contributed by atoms with Crippen molar-refractivity contribution in [2.24, 2.45) is 0 Å². The van der Waals surface area contributed by atoms with Crippen molar-refractivity contribution in [3.8, 4) is 11.5 Å². The van der Waals surface area contributed by atoms with Crippen molar-refractivity contribution < 1.29 is 19.7 Å². The highest BCUT2D eigenvalue weighted by Crippen LogP contribution is 2.24. The van der Waals surface area contributed by atoms with Gasteiger partial charge in [-0.25, -0.2) is 4.79 Å². The molecule has 0 fully saturated rings. The number of rotatable bonds is 5. The van der Waals surface area contributed by atoms with Crippen LogP contribution in [-0.4, -0.2) is 23.3 Å². The topological polar surface area (TPSA) is 78.8 Å². The number of hydrogen-bond acceptors (Lipinski definition) is 4. The van der Waals surface area contributed by atoms with E-state index in [1.807, 2.05) is 0 Å². The van der Waals surface area contributed by atoms with Crippen LogP contribution in [0.4, 0.5) is 5.69 Å². The maximum Gasteiger partial charge on any atom is 0.335 e. The van der Waals surface area contributed by atoms with Gasteiger partial charge in [-0.05, 0) is 36.4 Å². The third-order valence-corrected chi connectivity index (χ3v) is 2.91. The van der Waals surface area contributed by atoms with Crippen LogP contribution in [0.2, 0.25) is 0 Å². The van der Waals surface area contributed by atoms with E-state index in [0.717, 1.165) is 11.3 Å². The number of nitrogens with one attached hydrogen (secondary N) is 1. The lowest BCUT2D eigenvalue weighted by molar-refractivity contribution is 0.0697. The summed E-state index contributed by atoms with van der Waals surface area (Å²) in [7, 11) is 1.54. The number of phenols is 1. The average Bonchev–Trinajstić information content (AvgIpc) is 2.46. The molecule has 104 valence electrons. The zero-order valence-corrected chi connectivity index (χ0v) is 11.0. The first-order valence-electron chi connectivity index (χ1n) is 6.03. The van der Waals surface area contributed by atoms with Gasteiger partial charge in [-0.1, -0.05) is 0 Å². The predicted octanol–water partition coefficient (Wildman–Crippen LogP) is 2.71. The summed E-state index contributed by atoms with van der Waals surface area (Å²) in [6, 6.07) is 11.5. The standard InChI is InChI=1S/C15H15NO4/c1-20-13-7-4-11(14(17)8-13)9-16-12-5-2-10(3-6-12)15(18)19/h2-8,16-17H,9H2,1H3,(H,18,19). The van der Waals surface area contributed by atoms with Gasteiger partial charge in [0.1, 0.15) is 11.5 Å². The van der Waals surface area contributed by atoms with E-state index in [-0.39, 0.29) is 11.3 Å². The number of anilines is 1. The molecule has 0 saturated heterocycles. The van der Waals surface area contributed by atoms with Crippen molar-refractivity contribution >= 4 is 11.7 Å². The summed E-state index contributed by atoms with van der Waals surface area (Å²) in [6.45, 7) is 0.433. The quantitative estimate of drug-likeness (QED) is 0.780. The van der Waals surface area contributed by atoms with Crippen LogP contribution in [0.1, 0.15) is 15.9 Å². The molecule has 0 saturated carbocycles. The van der Waals surface area contributed by atoms with Gasteiger partial charge in [-0.3, -0.25) is 0 Å². The number of phenolic OH excluding ortho intramolecular Hbond substituents is 1. The number of aromatic hydroxyl groups is 1. The van der Waals surface area contributed by atoms with Gasteiger partial charge in [0.05, 0.1) is 12.7 Å². The van der Waals surface area contributed by atoms with Crippen LogP contribution in [0.3, 0.4) is 0 Å². The molecular formula is C15H15NO4. The molecule has 2 rings (SSSR count). The van der Waals surface area contributed by atoms with Crippen molar-refractivity contribution in [3.63, 3.8) is 0 Å². The van der Waals surface area contributed by atoms with E-state index in [1.54, 1.807) is 30.3 Å². The summed E-state index contributed by atoms with van der Waals surface area (Å²) in [5.41, 5.74) is 1.75. The Hall–Kier alpha value is -2.69. The van der Waals surface area contributed by atoms with Crippen LogP contribution in [0.5, 0.6) is 11.5 Å². The van der Waals surface area contributed by atoms with Crippen molar-refractivity contribution in [3.05, 3.63) is 53.6 Å². The van der Waals surface area contributed by atoms with Crippen molar-refractivity contribution in [2.45, 2.75) is 6.54 Å². The van der Waals surface area contributed by atoms with E-state index in [0.29, 0.717) is 12.3 Å². The molecule has 0 amide bonds. The molecule has 0 atom stereocenters. The first-order chi connectivity index (χ1) is 9.60. The molecule has 0 aliphatic heterocycles. The normalized spacial score (nSPS) is 10.1.